The number of nitrogens with two attached hydrogens (primary N) is 1. The van der Waals surface area contributed by atoms with E-state index in [1.807, 2.05) is 48.5 Å². The summed E-state index contributed by atoms with van der Waals surface area (Å²) in [6.07, 6.45) is 3.04. The highest BCUT2D eigenvalue weighted by Crippen LogP contribution is 2.36. The number of nitrogens with zero attached hydrogens (tertiary/aromatic N) is 4. The van der Waals surface area contributed by atoms with Crippen LogP contribution in [0.25, 0.3) is 28.0 Å². The van der Waals surface area contributed by atoms with E-state index in [1.165, 1.54) is 0 Å². The summed E-state index contributed by atoms with van der Waals surface area (Å²) in [6, 6.07) is 17.3. The third-order valence-electron chi connectivity index (χ3n) is 5.81. The van der Waals surface area contributed by atoms with Gasteiger partial charge in [-0.15, -0.1) is 12.4 Å². The molecule has 1 fully saturated rings. The van der Waals surface area contributed by atoms with E-state index in [1.54, 1.807) is 16.9 Å². The van der Waals surface area contributed by atoms with Gasteiger partial charge in [-0.1, -0.05) is 24.3 Å². The number of hydrogen-bond donors (Lipinski definition) is 3. The van der Waals surface area contributed by atoms with E-state index in [4.69, 9.17) is 10.7 Å². The highest BCUT2D eigenvalue weighted by atomic mass is 35.5. The Bertz CT molecular complexity index is 1210. The first-order chi connectivity index (χ1) is 14.6. The Kier molecular flexibility index (Phi) is 6.02. The lowest BCUT2D eigenvalue weighted by atomic mass is 9.76. The van der Waals surface area contributed by atoms with Crippen molar-refractivity contribution in [3.8, 4) is 17.1 Å². The Morgan fingerprint density at radius 2 is 1.87 bits per heavy atom. The van der Waals surface area contributed by atoms with Gasteiger partial charge in [0.05, 0.1) is 47.5 Å². The Morgan fingerprint density at radius 1 is 1.06 bits per heavy atom. The number of aliphatic hydroxyl groups is 2. The lowest BCUT2D eigenvalue weighted by Crippen LogP contribution is -2.36. The van der Waals surface area contributed by atoms with E-state index in [0.717, 1.165) is 40.7 Å². The van der Waals surface area contributed by atoms with Crippen molar-refractivity contribution in [2.24, 2.45) is 11.7 Å². The average molecular weight is 438 g/mol. The van der Waals surface area contributed by atoms with Crippen LogP contribution >= 0.6 is 12.4 Å². The smallest absolute Gasteiger partial charge is 0.154 e. The summed E-state index contributed by atoms with van der Waals surface area (Å²) >= 11 is 0. The Balaban J connectivity index is 0.00000231. The van der Waals surface area contributed by atoms with Crippen molar-refractivity contribution in [2.75, 3.05) is 0 Å². The molecule has 160 valence electrons. The molecule has 1 atom stereocenters. The van der Waals surface area contributed by atoms with Crippen LogP contribution in [0.15, 0.2) is 60.8 Å². The van der Waals surface area contributed by atoms with Crippen molar-refractivity contribution in [1.29, 1.82) is 0 Å². The molecule has 1 aliphatic rings. The van der Waals surface area contributed by atoms with Crippen LogP contribution in [0.2, 0.25) is 0 Å². The van der Waals surface area contributed by atoms with Crippen molar-refractivity contribution >= 4 is 23.3 Å². The number of aromatic nitrogens is 4. The average Bonchev–Trinajstić information content (AvgIpc) is 3.20. The van der Waals surface area contributed by atoms with Crippen molar-refractivity contribution in [3.05, 3.63) is 72.2 Å². The predicted octanol–water partition coefficient (Wildman–Crippen LogP) is 3.17. The van der Waals surface area contributed by atoms with Crippen molar-refractivity contribution < 1.29 is 10.2 Å². The summed E-state index contributed by atoms with van der Waals surface area (Å²) < 4.78 is 1.77. The largest absolute Gasteiger partial charge is 0.393 e. The van der Waals surface area contributed by atoms with E-state index in [9.17, 15) is 10.2 Å². The monoisotopic (exact) mass is 437 g/mol. The van der Waals surface area contributed by atoms with E-state index in [2.05, 4.69) is 10.1 Å². The Labute approximate surface area is 186 Å². The van der Waals surface area contributed by atoms with Crippen molar-refractivity contribution in [3.63, 3.8) is 0 Å². The van der Waals surface area contributed by atoms with Gasteiger partial charge in [0.15, 0.2) is 5.82 Å². The molecule has 0 bridgehead atoms. The molecule has 0 radical (unpaired) electrons. The third kappa shape index (κ3) is 4.05. The van der Waals surface area contributed by atoms with Crippen molar-refractivity contribution in [1.82, 2.24) is 19.7 Å². The minimum absolute atomic E-state index is 0. The molecule has 4 N–H and O–H groups in total. The van der Waals surface area contributed by atoms with E-state index in [-0.39, 0.29) is 37.1 Å². The number of benzene rings is 1. The van der Waals surface area contributed by atoms with Crippen LogP contribution in [0.5, 0.6) is 0 Å². The lowest BCUT2D eigenvalue weighted by molar-refractivity contribution is 0.0302. The molecule has 1 saturated carbocycles. The molecular formula is C23H24ClN5O2. The Hall–Kier alpha value is -2.84. The molecule has 1 aromatic carbocycles. The van der Waals surface area contributed by atoms with Gasteiger partial charge in [-0.2, -0.15) is 5.10 Å². The highest BCUT2D eigenvalue weighted by Gasteiger charge is 2.33. The molecule has 0 spiro atoms. The minimum atomic E-state index is -0.232. The fraction of sp³-hybridized carbons (Fsp3) is 0.261. The molecular weight excluding hydrogens is 414 g/mol. The predicted molar refractivity (Wildman–Crippen MR) is 121 cm³/mol. The lowest BCUT2D eigenvalue weighted by Gasteiger charge is -2.35. The number of pyridine rings is 2. The van der Waals surface area contributed by atoms with E-state index >= 15 is 0 Å². The van der Waals surface area contributed by atoms with Crippen LogP contribution in [0, 0.1) is 5.92 Å². The van der Waals surface area contributed by atoms with Gasteiger partial charge >= 0.3 is 0 Å². The van der Waals surface area contributed by atoms with Gasteiger partial charge < -0.3 is 15.9 Å². The maximum absolute atomic E-state index is 9.58. The van der Waals surface area contributed by atoms with Crippen LogP contribution in [-0.4, -0.2) is 36.1 Å². The van der Waals surface area contributed by atoms with Crippen LogP contribution in [0.4, 0.5) is 0 Å². The third-order valence-corrected chi connectivity index (χ3v) is 5.81. The fourth-order valence-electron chi connectivity index (χ4n) is 4.00. The fourth-order valence-corrected chi connectivity index (χ4v) is 4.00. The highest BCUT2D eigenvalue weighted by molar-refractivity contribution is 5.85. The second-order valence-corrected chi connectivity index (χ2v) is 7.83. The minimum Gasteiger partial charge on any atom is -0.393 e. The number of hydrogen-bond acceptors (Lipinski definition) is 6. The van der Waals surface area contributed by atoms with E-state index < -0.39 is 0 Å². The zero-order valence-electron chi connectivity index (χ0n) is 16.8. The molecule has 0 aliphatic heterocycles. The second kappa shape index (κ2) is 8.72. The maximum Gasteiger partial charge on any atom is 0.154 e. The summed E-state index contributed by atoms with van der Waals surface area (Å²) in [5.41, 5.74) is 10.5. The summed E-state index contributed by atoms with van der Waals surface area (Å²) in [4.78, 5) is 9.27. The van der Waals surface area contributed by atoms with Crippen molar-refractivity contribution in [2.45, 2.75) is 31.6 Å². The number of aliphatic hydroxyl groups excluding tert-OH is 2. The quantitative estimate of drug-likeness (QED) is 0.442. The van der Waals surface area contributed by atoms with Crippen LogP contribution < -0.4 is 5.73 Å². The normalized spacial score (nSPS) is 18.9. The second-order valence-electron chi connectivity index (χ2n) is 7.83. The first kappa shape index (κ1) is 21.4. The SMILES string of the molecule is Cl.NC(c1cccc(-c2ccc3cnn(-c4cccc(CO)n4)c3c2)n1)[C@H]1C[C@@H](O)C1. The van der Waals surface area contributed by atoms with E-state index in [0.29, 0.717) is 11.5 Å². The Morgan fingerprint density at radius 3 is 2.65 bits per heavy atom. The zero-order valence-corrected chi connectivity index (χ0v) is 17.6. The first-order valence-electron chi connectivity index (χ1n) is 10.1. The topological polar surface area (TPSA) is 110 Å². The van der Waals surface area contributed by atoms with Gasteiger partial charge in [0, 0.05) is 10.9 Å². The number of rotatable bonds is 5. The van der Waals surface area contributed by atoms with Gasteiger partial charge in [0.25, 0.3) is 0 Å². The van der Waals surface area contributed by atoms with Crippen LogP contribution in [0.3, 0.4) is 0 Å². The van der Waals surface area contributed by atoms with Gasteiger partial charge in [0.1, 0.15) is 0 Å². The molecule has 0 amide bonds. The maximum atomic E-state index is 9.58. The van der Waals surface area contributed by atoms with Gasteiger partial charge in [-0.05, 0) is 49.1 Å². The molecule has 8 heteroatoms. The molecule has 4 aromatic rings. The summed E-state index contributed by atoms with van der Waals surface area (Å²) in [5, 5.41) is 24.4. The molecule has 7 nitrogen and oxygen atoms in total. The van der Waals surface area contributed by atoms with Gasteiger partial charge in [-0.3, -0.25) is 4.98 Å². The summed E-state index contributed by atoms with van der Waals surface area (Å²) in [6.45, 7) is -0.118. The number of fused-ring (bicyclic) bond motifs is 1. The molecule has 1 unspecified atom stereocenters. The molecule has 0 saturated heterocycles. The molecule has 31 heavy (non-hydrogen) atoms. The first-order valence-corrected chi connectivity index (χ1v) is 10.1. The summed E-state index contributed by atoms with van der Waals surface area (Å²) in [7, 11) is 0. The number of halogens is 1. The zero-order chi connectivity index (χ0) is 20.7. The van der Waals surface area contributed by atoms with Gasteiger partial charge in [-0.25, -0.2) is 9.67 Å². The molecule has 3 aromatic heterocycles. The molecule has 5 rings (SSSR count). The van der Waals surface area contributed by atoms with Crippen LogP contribution in [0.1, 0.15) is 30.3 Å². The summed E-state index contributed by atoms with van der Waals surface area (Å²) in [5.74, 6) is 0.928. The standard InChI is InChI=1S/C23H23N5O2.ClH/c24-23(16-9-18(30)10-16)20-5-2-4-19(27-20)14-7-8-15-12-25-28(21(15)11-14)22-6-1-3-17(13-29)26-22;/h1-8,11-12,16,18,23,29-30H,9-10,13,24H2;1H/t16-,18+,23?;. The van der Waals surface area contributed by atoms with Gasteiger partial charge in [0.2, 0.25) is 0 Å². The molecule has 1 aliphatic carbocycles. The van der Waals surface area contributed by atoms with Crippen LogP contribution in [-0.2, 0) is 6.61 Å². The molecule has 3 heterocycles.